The van der Waals surface area contributed by atoms with Crippen LogP contribution in [0.1, 0.15) is 57.8 Å². The number of hydrogen-bond donors (Lipinski definition) is 1. The second-order valence-corrected chi connectivity index (χ2v) is 7.90. The first-order chi connectivity index (χ1) is 11.0. The Balaban J connectivity index is 2.64. The number of ketones is 1. The lowest BCUT2D eigenvalue weighted by Gasteiger charge is -2.25. The van der Waals surface area contributed by atoms with Gasteiger partial charge in [0.2, 0.25) is 0 Å². The van der Waals surface area contributed by atoms with Crippen molar-refractivity contribution in [2.24, 2.45) is 5.92 Å². The maximum atomic E-state index is 12.3. The van der Waals surface area contributed by atoms with Crippen LogP contribution in [0.15, 0.2) is 18.2 Å². The number of hydrogen-bond acceptors (Lipinski definition) is 3. The highest BCUT2D eigenvalue weighted by molar-refractivity contribution is 6.42. The minimum atomic E-state index is -0.554. The number of Topliss-reactive ketones (excluding diaryl/α,β-unsaturated/α-hetero) is 1. The van der Waals surface area contributed by atoms with Crippen molar-refractivity contribution in [2.75, 3.05) is 0 Å². The summed E-state index contributed by atoms with van der Waals surface area (Å²) in [4.78, 5) is 24.2. The van der Waals surface area contributed by atoms with E-state index >= 15 is 0 Å². The van der Waals surface area contributed by atoms with Crippen LogP contribution >= 0.6 is 23.2 Å². The van der Waals surface area contributed by atoms with E-state index in [0.29, 0.717) is 28.5 Å². The molecule has 1 unspecified atom stereocenters. The summed E-state index contributed by atoms with van der Waals surface area (Å²) in [5.41, 5.74) is -0.0363. The van der Waals surface area contributed by atoms with Crippen molar-refractivity contribution in [1.29, 1.82) is 0 Å². The zero-order valence-corrected chi connectivity index (χ0v) is 16.3. The zero-order chi connectivity index (χ0) is 18.5. The molecule has 0 saturated carbocycles. The molecule has 4 nitrogen and oxygen atoms in total. The molecule has 1 aromatic carbocycles. The number of carbonyl (C=O) groups excluding carboxylic acids is 2. The number of rotatable bonds is 6. The Morgan fingerprint density at radius 3 is 2.29 bits per heavy atom. The Morgan fingerprint density at radius 1 is 1.17 bits per heavy atom. The van der Waals surface area contributed by atoms with E-state index in [0.717, 1.165) is 0 Å². The van der Waals surface area contributed by atoms with Gasteiger partial charge in [0.25, 0.3) is 0 Å². The third-order valence-electron chi connectivity index (χ3n) is 3.43. The van der Waals surface area contributed by atoms with Crippen LogP contribution in [-0.2, 0) is 4.74 Å². The van der Waals surface area contributed by atoms with E-state index in [2.05, 4.69) is 5.32 Å². The molecule has 24 heavy (non-hydrogen) atoms. The standard InChI is InChI=1S/C18H25Cl2NO3/c1-11(2)15(21-17(23)24-18(3,4)5)8-9-16(22)12-6-7-13(19)14(20)10-12/h6-7,10-11,15H,8-9H2,1-5H3,(H,21,23). The van der Waals surface area contributed by atoms with Gasteiger partial charge in [-0.1, -0.05) is 37.0 Å². The van der Waals surface area contributed by atoms with Gasteiger partial charge >= 0.3 is 6.09 Å². The summed E-state index contributed by atoms with van der Waals surface area (Å²) >= 11 is 11.8. The van der Waals surface area contributed by atoms with E-state index < -0.39 is 11.7 Å². The molecule has 0 fully saturated rings. The molecule has 0 radical (unpaired) electrons. The molecule has 134 valence electrons. The van der Waals surface area contributed by atoms with Crippen LogP contribution in [0.4, 0.5) is 4.79 Å². The van der Waals surface area contributed by atoms with Crippen molar-refractivity contribution in [3.05, 3.63) is 33.8 Å². The van der Waals surface area contributed by atoms with Gasteiger partial charge in [-0.15, -0.1) is 0 Å². The molecule has 0 heterocycles. The molecule has 6 heteroatoms. The summed E-state index contributed by atoms with van der Waals surface area (Å²) in [6.07, 6.45) is 0.357. The van der Waals surface area contributed by atoms with Crippen molar-refractivity contribution >= 4 is 35.1 Å². The summed E-state index contributed by atoms with van der Waals surface area (Å²) in [6, 6.07) is 4.68. The van der Waals surface area contributed by atoms with Crippen molar-refractivity contribution in [1.82, 2.24) is 5.32 Å². The van der Waals surface area contributed by atoms with Crippen LogP contribution in [0.3, 0.4) is 0 Å². The fourth-order valence-electron chi connectivity index (χ4n) is 2.13. The topological polar surface area (TPSA) is 55.4 Å². The Kier molecular flexibility index (Phi) is 7.56. The summed E-state index contributed by atoms with van der Waals surface area (Å²) in [6.45, 7) is 9.41. The molecule has 1 N–H and O–H groups in total. The lowest BCUT2D eigenvalue weighted by Crippen LogP contribution is -2.42. The van der Waals surface area contributed by atoms with Crippen LogP contribution in [0.2, 0.25) is 10.0 Å². The number of carbonyl (C=O) groups is 2. The normalized spacial score (nSPS) is 12.8. The fraction of sp³-hybridized carbons (Fsp3) is 0.556. The average molecular weight is 374 g/mol. The lowest BCUT2D eigenvalue weighted by atomic mass is 9.96. The summed E-state index contributed by atoms with van der Waals surface area (Å²) in [5.74, 6) is 0.143. The second kappa shape index (κ2) is 8.72. The van der Waals surface area contributed by atoms with Gasteiger partial charge in [0, 0.05) is 18.0 Å². The van der Waals surface area contributed by atoms with Gasteiger partial charge in [0.05, 0.1) is 10.0 Å². The van der Waals surface area contributed by atoms with E-state index in [1.807, 2.05) is 34.6 Å². The van der Waals surface area contributed by atoms with Gasteiger partial charge in [-0.25, -0.2) is 4.79 Å². The third-order valence-corrected chi connectivity index (χ3v) is 4.17. The first kappa shape index (κ1) is 20.8. The molecule has 1 rings (SSSR count). The summed E-state index contributed by atoms with van der Waals surface area (Å²) in [5, 5.41) is 3.61. The SMILES string of the molecule is CC(C)C(CCC(=O)c1ccc(Cl)c(Cl)c1)NC(=O)OC(C)(C)C. The first-order valence-corrected chi connectivity index (χ1v) is 8.73. The smallest absolute Gasteiger partial charge is 0.407 e. The van der Waals surface area contributed by atoms with Crippen molar-refractivity contribution < 1.29 is 14.3 Å². The number of benzene rings is 1. The monoisotopic (exact) mass is 373 g/mol. The minimum Gasteiger partial charge on any atom is -0.444 e. The van der Waals surface area contributed by atoms with Gasteiger partial charge in [-0.3, -0.25) is 4.79 Å². The van der Waals surface area contributed by atoms with Crippen LogP contribution < -0.4 is 5.32 Å². The zero-order valence-electron chi connectivity index (χ0n) is 14.8. The Bertz CT molecular complexity index is 594. The fourth-order valence-corrected chi connectivity index (χ4v) is 2.43. The van der Waals surface area contributed by atoms with Crippen molar-refractivity contribution in [3.8, 4) is 0 Å². The lowest BCUT2D eigenvalue weighted by molar-refractivity contribution is 0.0484. The Hall–Kier alpha value is -1.26. The molecule has 0 bridgehead atoms. The Labute approximate surface area is 153 Å². The highest BCUT2D eigenvalue weighted by atomic mass is 35.5. The van der Waals surface area contributed by atoms with Crippen molar-refractivity contribution in [3.63, 3.8) is 0 Å². The first-order valence-electron chi connectivity index (χ1n) is 7.97. The second-order valence-electron chi connectivity index (χ2n) is 7.09. The van der Waals surface area contributed by atoms with Crippen LogP contribution in [0, 0.1) is 5.92 Å². The average Bonchev–Trinajstić information content (AvgIpc) is 2.43. The molecule has 1 aromatic rings. The molecule has 1 amide bonds. The number of amides is 1. The summed E-state index contributed by atoms with van der Waals surface area (Å²) < 4.78 is 5.27. The van der Waals surface area contributed by atoms with Gasteiger partial charge in [0.15, 0.2) is 5.78 Å². The molecule has 0 aliphatic heterocycles. The number of nitrogens with one attached hydrogen (secondary N) is 1. The maximum Gasteiger partial charge on any atom is 0.407 e. The molecule has 0 aliphatic carbocycles. The molecule has 0 saturated heterocycles. The van der Waals surface area contributed by atoms with E-state index in [4.69, 9.17) is 27.9 Å². The molecular formula is C18H25Cl2NO3. The molecular weight excluding hydrogens is 349 g/mol. The van der Waals surface area contributed by atoms with Gasteiger partial charge in [0.1, 0.15) is 5.60 Å². The molecule has 0 aromatic heterocycles. The van der Waals surface area contributed by atoms with E-state index in [1.165, 1.54) is 0 Å². The van der Waals surface area contributed by atoms with E-state index in [-0.39, 0.29) is 17.7 Å². The van der Waals surface area contributed by atoms with Crippen LogP contribution in [0.5, 0.6) is 0 Å². The summed E-state index contributed by atoms with van der Waals surface area (Å²) in [7, 11) is 0. The number of ether oxygens (including phenoxy) is 1. The predicted molar refractivity (Wildman–Crippen MR) is 98.0 cm³/mol. The van der Waals surface area contributed by atoms with Gasteiger partial charge in [-0.05, 0) is 51.3 Å². The highest BCUT2D eigenvalue weighted by Crippen LogP contribution is 2.24. The predicted octanol–water partition coefficient (Wildman–Crippen LogP) is 5.51. The van der Waals surface area contributed by atoms with Crippen LogP contribution in [0.25, 0.3) is 0 Å². The quantitative estimate of drug-likeness (QED) is 0.669. The number of halogens is 2. The maximum absolute atomic E-state index is 12.3. The van der Waals surface area contributed by atoms with Crippen molar-refractivity contribution in [2.45, 2.75) is 59.1 Å². The molecule has 0 aliphatic rings. The van der Waals surface area contributed by atoms with E-state index in [1.54, 1.807) is 18.2 Å². The largest absolute Gasteiger partial charge is 0.444 e. The highest BCUT2D eigenvalue weighted by Gasteiger charge is 2.22. The van der Waals surface area contributed by atoms with Crippen LogP contribution in [-0.4, -0.2) is 23.5 Å². The Morgan fingerprint density at radius 2 is 1.79 bits per heavy atom. The minimum absolute atomic E-state index is 0.0368. The number of alkyl carbamates (subject to hydrolysis) is 1. The molecule has 1 atom stereocenters. The third kappa shape index (κ3) is 7.10. The van der Waals surface area contributed by atoms with E-state index in [9.17, 15) is 9.59 Å². The van der Waals surface area contributed by atoms with Gasteiger partial charge < -0.3 is 10.1 Å². The molecule has 0 spiro atoms. The van der Waals surface area contributed by atoms with Gasteiger partial charge in [-0.2, -0.15) is 0 Å².